The highest BCUT2D eigenvalue weighted by atomic mass is 16.5. The average Bonchev–Trinajstić information content (AvgIpc) is 2.34. The Labute approximate surface area is 97.0 Å². The van der Waals surface area contributed by atoms with E-state index in [0.29, 0.717) is 11.9 Å². The molecule has 0 aliphatic rings. The van der Waals surface area contributed by atoms with Crippen molar-refractivity contribution >= 4 is 0 Å². The van der Waals surface area contributed by atoms with E-state index in [1.165, 1.54) is 0 Å². The fraction of sp³-hybridized carbons (Fsp3) is 0.583. The minimum Gasteiger partial charge on any atom is -0.481 e. The Kier molecular flexibility index (Phi) is 5.82. The van der Waals surface area contributed by atoms with Gasteiger partial charge in [0.05, 0.1) is 12.8 Å². The van der Waals surface area contributed by atoms with Crippen LogP contribution in [0.2, 0.25) is 0 Å². The van der Waals surface area contributed by atoms with E-state index in [4.69, 9.17) is 9.47 Å². The molecule has 0 radical (unpaired) electrons. The Morgan fingerprint density at radius 2 is 2.19 bits per heavy atom. The highest BCUT2D eigenvalue weighted by Gasteiger charge is 2.02. The van der Waals surface area contributed by atoms with Crippen molar-refractivity contribution in [3.8, 4) is 5.88 Å². The molecule has 1 heterocycles. The van der Waals surface area contributed by atoms with Crippen LogP contribution in [0, 0.1) is 0 Å². The van der Waals surface area contributed by atoms with Crippen LogP contribution in [0.1, 0.15) is 19.0 Å². The van der Waals surface area contributed by atoms with Gasteiger partial charge in [-0.05, 0) is 19.4 Å². The monoisotopic (exact) mass is 224 g/mol. The van der Waals surface area contributed by atoms with Crippen LogP contribution in [0.3, 0.4) is 0 Å². The number of ether oxygens (including phenoxy) is 2. The van der Waals surface area contributed by atoms with Crippen LogP contribution >= 0.6 is 0 Å². The summed E-state index contributed by atoms with van der Waals surface area (Å²) >= 11 is 0. The molecular weight excluding hydrogens is 204 g/mol. The van der Waals surface area contributed by atoms with Gasteiger partial charge in [-0.15, -0.1) is 0 Å². The van der Waals surface area contributed by atoms with E-state index in [1.54, 1.807) is 14.2 Å². The lowest BCUT2D eigenvalue weighted by molar-refractivity contribution is 0.184. The van der Waals surface area contributed by atoms with E-state index in [2.05, 4.69) is 17.2 Å². The molecular formula is C12H20N2O2. The van der Waals surface area contributed by atoms with Crippen LogP contribution in [-0.4, -0.2) is 31.9 Å². The third-order valence-electron chi connectivity index (χ3n) is 2.38. The summed E-state index contributed by atoms with van der Waals surface area (Å²) in [6.07, 6.45) is 1.00. The maximum Gasteiger partial charge on any atom is 0.213 e. The number of nitrogens with one attached hydrogen (secondary N) is 1. The van der Waals surface area contributed by atoms with Crippen molar-refractivity contribution in [3.05, 3.63) is 23.9 Å². The number of nitrogens with zero attached hydrogens (tertiary/aromatic N) is 1. The molecule has 0 bridgehead atoms. The zero-order valence-corrected chi connectivity index (χ0v) is 10.2. The van der Waals surface area contributed by atoms with Gasteiger partial charge in [0.2, 0.25) is 5.88 Å². The number of hydrogen-bond donors (Lipinski definition) is 1. The second-order valence-corrected chi connectivity index (χ2v) is 3.73. The van der Waals surface area contributed by atoms with E-state index >= 15 is 0 Å². The van der Waals surface area contributed by atoms with Crippen LogP contribution in [0.15, 0.2) is 18.2 Å². The van der Waals surface area contributed by atoms with Crippen molar-refractivity contribution in [1.82, 2.24) is 10.3 Å². The quantitative estimate of drug-likeness (QED) is 0.764. The molecule has 0 saturated heterocycles. The van der Waals surface area contributed by atoms with Crippen molar-refractivity contribution in [2.45, 2.75) is 25.9 Å². The lowest BCUT2D eigenvalue weighted by Crippen LogP contribution is -2.27. The lowest BCUT2D eigenvalue weighted by Gasteiger charge is -2.12. The fourth-order valence-corrected chi connectivity index (χ4v) is 1.35. The molecule has 1 rings (SSSR count). The molecule has 0 saturated carbocycles. The molecule has 1 aromatic rings. The van der Waals surface area contributed by atoms with Gasteiger partial charge in [-0.1, -0.05) is 6.07 Å². The summed E-state index contributed by atoms with van der Waals surface area (Å²) in [5.74, 6) is 0.656. The molecule has 0 fully saturated rings. The Morgan fingerprint density at radius 3 is 2.88 bits per heavy atom. The maximum atomic E-state index is 5.07. The van der Waals surface area contributed by atoms with Gasteiger partial charge in [-0.3, -0.25) is 0 Å². The summed E-state index contributed by atoms with van der Waals surface area (Å²) in [7, 11) is 3.34. The van der Waals surface area contributed by atoms with Crippen LogP contribution in [0.4, 0.5) is 0 Å². The summed E-state index contributed by atoms with van der Waals surface area (Å²) in [5.41, 5.74) is 0.989. The number of aromatic nitrogens is 1. The third kappa shape index (κ3) is 4.59. The van der Waals surface area contributed by atoms with E-state index < -0.39 is 0 Å². The van der Waals surface area contributed by atoms with Gasteiger partial charge in [0.25, 0.3) is 0 Å². The third-order valence-corrected chi connectivity index (χ3v) is 2.38. The first-order chi connectivity index (χ1) is 7.76. The first-order valence-electron chi connectivity index (χ1n) is 5.48. The first-order valence-corrected chi connectivity index (χ1v) is 5.48. The van der Waals surface area contributed by atoms with Gasteiger partial charge in [-0.2, -0.15) is 0 Å². The second-order valence-electron chi connectivity index (χ2n) is 3.73. The zero-order valence-electron chi connectivity index (χ0n) is 10.2. The Hall–Kier alpha value is -1.13. The molecule has 0 spiro atoms. The number of rotatable bonds is 7. The smallest absolute Gasteiger partial charge is 0.213 e. The van der Waals surface area contributed by atoms with E-state index in [9.17, 15) is 0 Å². The van der Waals surface area contributed by atoms with Crippen molar-refractivity contribution in [2.24, 2.45) is 0 Å². The van der Waals surface area contributed by atoms with Crippen molar-refractivity contribution in [2.75, 3.05) is 20.8 Å². The van der Waals surface area contributed by atoms with Crippen LogP contribution < -0.4 is 10.1 Å². The minimum absolute atomic E-state index is 0.424. The van der Waals surface area contributed by atoms with Crippen molar-refractivity contribution in [1.29, 1.82) is 0 Å². The highest BCUT2D eigenvalue weighted by Crippen LogP contribution is 2.06. The van der Waals surface area contributed by atoms with E-state index in [1.807, 2.05) is 18.2 Å². The molecule has 0 aliphatic heterocycles. The average molecular weight is 224 g/mol. The number of pyridine rings is 1. The molecule has 1 atom stereocenters. The summed E-state index contributed by atoms with van der Waals surface area (Å²) in [5, 5.41) is 3.39. The largest absolute Gasteiger partial charge is 0.481 e. The van der Waals surface area contributed by atoms with Gasteiger partial charge in [-0.25, -0.2) is 4.98 Å². The molecule has 4 heteroatoms. The van der Waals surface area contributed by atoms with Crippen LogP contribution in [0.5, 0.6) is 5.88 Å². The molecule has 1 unspecified atom stereocenters. The predicted octanol–water partition coefficient (Wildman–Crippen LogP) is 1.60. The zero-order chi connectivity index (χ0) is 11.8. The van der Waals surface area contributed by atoms with Crippen molar-refractivity contribution in [3.63, 3.8) is 0 Å². The highest BCUT2D eigenvalue weighted by molar-refractivity contribution is 5.15. The molecule has 4 nitrogen and oxygen atoms in total. The minimum atomic E-state index is 0.424. The van der Waals surface area contributed by atoms with Gasteiger partial charge >= 0.3 is 0 Å². The summed E-state index contributed by atoms with van der Waals surface area (Å²) in [6.45, 7) is 3.67. The van der Waals surface area contributed by atoms with Gasteiger partial charge < -0.3 is 14.8 Å². The lowest BCUT2D eigenvalue weighted by atomic mass is 10.2. The fourth-order valence-electron chi connectivity index (χ4n) is 1.35. The first kappa shape index (κ1) is 12.9. The topological polar surface area (TPSA) is 43.4 Å². The number of hydrogen-bond acceptors (Lipinski definition) is 4. The maximum absolute atomic E-state index is 5.07. The molecule has 1 aromatic heterocycles. The molecule has 1 N–H and O–H groups in total. The molecule has 16 heavy (non-hydrogen) atoms. The van der Waals surface area contributed by atoms with Gasteiger partial charge in [0, 0.05) is 32.4 Å². The SMILES string of the molecule is COCCC(C)NCc1cccc(OC)n1. The van der Waals surface area contributed by atoms with E-state index in [-0.39, 0.29) is 0 Å². The van der Waals surface area contributed by atoms with Gasteiger partial charge in [0.1, 0.15) is 0 Å². The predicted molar refractivity (Wildman–Crippen MR) is 63.6 cm³/mol. The number of methoxy groups -OCH3 is 2. The van der Waals surface area contributed by atoms with E-state index in [0.717, 1.165) is 25.3 Å². The molecule has 0 aliphatic carbocycles. The van der Waals surface area contributed by atoms with Crippen LogP contribution in [-0.2, 0) is 11.3 Å². The van der Waals surface area contributed by atoms with Crippen molar-refractivity contribution < 1.29 is 9.47 Å². The molecule has 0 amide bonds. The normalized spacial score (nSPS) is 12.4. The summed E-state index contributed by atoms with van der Waals surface area (Å²) in [6, 6.07) is 6.20. The Bertz CT molecular complexity index is 305. The second kappa shape index (κ2) is 7.19. The van der Waals surface area contributed by atoms with Gasteiger partial charge in [0.15, 0.2) is 0 Å². The standard InChI is InChI=1S/C12H20N2O2/c1-10(7-8-15-2)13-9-11-5-4-6-12(14-11)16-3/h4-6,10,13H,7-9H2,1-3H3. The Balaban J connectivity index is 2.35. The molecule has 0 aromatic carbocycles. The molecule has 90 valence electrons. The summed E-state index contributed by atoms with van der Waals surface area (Å²) < 4.78 is 10.1. The Morgan fingerprint density at radius 1 is 1.38 bits per heavy atom. The van der Waals surface area contributed by atoms with Crippen LogP contribution in [0.25, 0.3) is 0 Å². The summed E-state index contributed by atoms with van der Waals surface area (Å²) in [4.78, 5) is 4.33.